The number of phenols is 1. The minimum atomic E-state index is -0.201. The van der Waals surface area contributed by atoms with E-state index in [-0.39, 0.29) is 30.2 Å². The summed E-state index contributed by atoms with van der Waals surface area (Å²) >= 11 is 0. The van der Waals surface area contributed by atoms with E-state index in [1.165, 1.54) is 19.2 Å². The van der Waals surface area contributed by atoms with Gasteiger partial charge < -0.3 is 20.1 Å². The van der Waals surface area contributed by atoms with E-state index in [1.807, 2.05) is 0 Å². The molecule has 0 unspecified atom stereocenters. The third kappa shape index (κ3) is 4.19. The molecule has 0 atom stereocenters. The van der Waals surface area contributed by atoms with E-state index in [2.05, 4.69) is 5.32 Å². The van der Waals surface area contributed by atoms with Crippen LogP contribution in [0.2, 0.25) is 0 Å². The first-order chi connectivity index (χ1) is 10.1. The van der Waals surface area contributed by atoms with Crippen molar-refractivity contribution in [1.29, 1.82) is 0 Å². The predicted octanol–water partition coefficient (Wildman–Crippen LogP) is 0.759. The summed E-state index contributed by atoms with van der Waals surface area (Å²) in [5.41, 5.74) is 0.438. The lowest BCUT2D eigenvalue weighted by Gasteiger charge is -2.32. The highest BCUT2D eigenvalue weighted by Crippen LogP contribution is 2.14. The van der Waals surface area contributed by atoms with Crippen molar-refractivity contribution in [3.05, 3.63) is 29.8 Å². The van der Waals surface area contributed by atoms with Crippen molar-refractivity contribution < 1.29 is 19.4 Å². The molecule has 2 rings (SSSR count). The van der Waals surface area contributed by atoms with Crippen LogP contribution >= 0.6 is 0 Å². The number of piperidine rings is 1. The number of rotatable bonds is 4. The van der Waals surface area contributed by atoms with Gasteiger partial charge in [-0.25, -0.2) is 0 Å². The normalized spacial score (nSPS) is 15.8. The smallest absolute Gasteiger partial charge is 0.251 e. The summed E-state index contributed by atoms with van der Waals surface area (Å²) in [5.74, 6) is -0.148. The van der Waals surface area contributed by atoms with Crippen molar-refractivity contribution in [1.82, 2.24) is 10.2 Å². The van der Waals surface area contributed by atoms with Crippen LogP contribution in [-0.4, -0.2) is 54.7 Å². The van der Waals surface area contributed by atoms with Gasteiger partial charge >= 0.3 is 0 Å². The van der Waals surface area contributed by atoms with Gasteiger partial charge in [-0.1, -0.05) is 6.07 Å². The van der Waals surface area contributed by atoms with Crippen LogP contribution < -0.4 is 5.32 Å². The fourth-order valence-corrected chi connectivity index (χ4v) is 2.40. The lowest BCUT2D eigenvalue weighted by atomic mass is 10.0. The summed E-state index contributed by atoms with van der Waals surface area (Å²) in [4.78, 5) is 25.5. The molecule has 0 aliphatic carbocycles. The first kappa shape index (κ1) is 15.3. The number of amides is 2. The maximum atomic E-state index is 12.1. The molecule has 0 saturated carbocycles. The van der Waals surface area contributed by atoms with Crippen molar-refractivity contribution in [2.24, 2.45) is 0 Å². The topological polar surface area (TPSA) is 78.9 Å². The molecule has 1 saturated heterocycles. The number of carbonyl (C=O) groups is 2. The van der Waals surface area contributed by atoms with Gasteiger partial charge in [-0.15, -0.1) is 0 Å². The zero-order chi connectivity index (χ0) is 15.2. The van der Waals surface area contributed by atoms with Gasteiger partial charge in [0.1, 0.15) is 12.4 Å². The number of likely N-dealkylation sites (tertiary alicyclic amines) is 1. The molecule has 1 fully saturated rings. The number of nitrogens with one attached hydrogen (secondary N) is 1. The molecule has 0 radical (unpaired) electrons. The Morgan fingerprint density at radius 2 is 2.10 bits per heavy atom. The highest BCUT2D eigenvalue weighted by molar-refractivity contribution is 5.94. The predicted molar refractivity (Wildman–Crippen MR) is 77.1 cm³/mol. The quantitative estimate of drug-likeness (QED) is 0.858. The lowest BCUT2D eigenvalue weighted by Crippen LogP contribution is -2.47. The molecule has 0 aromatic heterocycles. The van der Waals surface area contributed by atoms with E-state index in [9.17, 15) is 14.7 Å². The molecule has 1 aromatic carbocycles. The molecular formula is C15H20N2O4. The number of ether oxygens (including phenoxy) is 1. The van der Waals surface area contributed by atoms with Gasteiger partial charge in [0.2, 0.25) is 5.91 Å². The molecule has 6 heteroatoms. The molecule has 2 amide bonds. The van der Waals surface area contributed by atoms with E-state index in [1.54, 1.807) is 17.0 Å². The van der Waals surface area contributed by atoms with E-state index < -0.39 is 0 Å². The van der Waals surface area contributed by atoms with Crippen LogP contribution in [0.5, 0.6) is 5.75 Å². The Kier molecular flexibility index (Phi) is 5.16. The summed E-state index contributed by atoms with van der Waals surface area (Å²) in [6.07, 6.45) is 1.44. The van der Waals surface area contributed by atoms with E-state index in [0.717, 1.165) is 12.8 Å². The van der Waals surface area contributed by atoms with Crippen LogP contribution in [0.15, 0.2) is 24.3 Å². The van der Waals surface area contributed by atoms with Gasteiger partial charge in [0.05, 0.1) is 0 Å². The molecule has 1 aliphatic heterocycles. The Hall–Kier alpha value is -2.08. The van der Waals surface area contributed by atoms with Gasteiger partial charge in [0, 0.05) is 31.8 Å². The van der Waals surface area contributed by atoms with Crippen LogP contribution in [0.4, 0.5) is 0 Å². The first-order valence-corrected chi connectivity index (χ1v) is 6.96. The minimum Gasteiger partial charge on any atom is -0.508 e. The van der Waals surface area contributed by atoms with Crippen LogP contribution in [0.3, 0.4) is 0 Å². The van der Waals surface area contributed by atoms with Crippen molar-refractivity contribution in [3.63, 3.8) is 0 Å². The molecule has 0 spiro atoms. The molecule has 21 heavy (non-hydrogen) atoms. The van der Waals surface area contributed by atoms with Crippen LogP contribution in [0, 0.1) is 0 Å². The average Bonchev–Trinajstić information content (AvgIpc) is 2.48. The van der Waals surface area contributed by atoms with Gasteiger partial charge in [-0.3, -0.25) is 9.59 Å². The van der Waals surface area contributed by atoms with E-state index in [4.69, 9.17) is 4.74 Å². The number of nitrogens with zero attached hydrogens (tertiary/aromatic N) is 1. The molecular weight excluding hydrogens is 272 g/mol. The van der Waals surface area contributed by atoms with E-state index >= 15 is 0 Å². The third-order valence-corrected chi connectivity index (χ3v) is 3.56. The number of hydrogen-bond acceptors (Lipinski definition) is 4. The monoisotopic (exact) mass is 292 g/mol. The standard InChI is InChI=1S/C15H20N2O4/c1-21-10-14(19)17-7-5-12(6-8-17)16-15(20)11-3-2-4-13(18)9-11/h2-4,9,12,18H,5-8,10H2,1H3,(H,16,20). The van der Waals surface area contributed by atoms with Crippen LogP contribution in [0.25, 0.3) is 0 Å². The molecule has 1 heterocycles. The van der Waals surface area contributed by atoms with Gasteiger partial charge in [0.25, 0.3) is 5.91 Å². The molecule has 1 aliphatic rings. The largest absolute Gasteiger partial charge is 0.508 e. The maximum Gasteiger partial charge on any atom is 0.251 e. The number of carbonyl (C=O) groups excluding carboxylic acids is 2. The second kappa shape index (κ2) is 7.08. The Labute approximate surface area is 123 Å². The molecule has 0 bridgehead atoms. The number of aromatic hydroxyl groups is 1. The van der Waals surface area contributed by atoms with Gasteiger partial charge in [0.15, 0.2) is 0 Å². The van der Waals surface area contributed by atoms with Crippen LogP contribution in [0.1, 0.15) is 23.2 Å². The summed E-state index contributed by atoms with van der Waals surface area (Å²) in [6.45, 7) is 1.33. The number of hydrogen-bond donors (Lipinski definition) is 2. The Morgan fingerprint density at radius 1 is 1.38 bits per heavy atom. The second-order valence-corrected chi connectivity index (χ2v) is 5.11. The summed E-state index contributed by atoms with van der Waals surface area (Å²) < 4.78 is 4.83. The molecule has 1 aromatic rings. The number of benzene rings is 1. The SMILES string of the molecule is COCC(=O)N1CCC(NC(=O)c2cccc(O)c2)CC1. The Morgan fingerprint density at radius 3 is 2.71 bits per heavy atom. The van der Waals surface area contributed by atoms with Crippen LogP contribution in [-0.2, 0) is 9.53 Å². The number of methoxy groups -OCH3 is 1. The fourth-order valence-electron chi connectivity index (χ4n) is 2.40. The molecule has 114 valence electrons. The fraction of sp³-hybridized carbons (Fsp3) is 0.467. The highest BCUT2D eigenvalue weighted by Gasteiger charge is 2.23. The second-order valence-electron chi connectivity index (χ2n) is 5.11. The first-order valence-electron chi connectivity index (χ1n) is 6.96. The third-order valence-electron chi connectivity index (χ3n) is 3.56. The molecule has 6 nitrogen and oxygen atoms in total. The van der Waals surface area contributed by atoms with Crippen molar-refractivity contribution in [3.8, 4) is 5.75 Å². The van der Waals surface area contributed by atoms with Crippen molar-refractivity contribution in [2.45, 2.75) is 18.9 Å². The summed E-state index contributed by atoms with van der Waals surface area (Å²) in [6, 6.07) is 6.30. The Balaban J connectivity index is 1.83. The zero-order valence-electron chi connectivity index (χ0n) is 12.0. The minimum absolute atomic E-state index is 0.0183. The van der Waals surface area contributed by atoms with E-state index in [0.29, 0.717) is 18.7 Å². The molecule has 2 N–H and O–H groups in total. The Bertz CT molecular complexity index is 510. The summed E-state index contributed by atoms with van der Waals surface area (Å²) in [7, 11) is 1.50. The number of phenolic OH excluding ortho intramolecular Hbond substituents is 1. The lowest BCUT2D eigenvalue weighted by molar-refractivity contribution is -0.136. The van der Waals surface area contributed by atoms with Crippen molar-refractivity contribution >= 4 is 11.8 Å². The summed E-state index contributed by atoms with van der Waals surface area (Å²) in [5, 5.41) is 12.3. The average molecular weight is 292 g/mol. The highest BCUT2D eigenvalue weighted by atomic mass is 16.5. The maximum absolute atomic E-state index is 12.1. The van der Waals surface area contributed by atoms with Gasteiger partial charge in [-0.05, 0) is 31.0 Å². The van der Waals surface area contributed by atoms with Gasteiger partial charge in [-0.2, -0.15) is 0 Å². The van der Waals surface area contributed by atoms with Crippen molar-refractivity contribution in [2.75, 3.05) is 26.8 Å². The zero-order valence-corrected chi connectivity index (χ0v) is 12.0.